The summed E-state index contributed by atoms with van der Waals surface area (Å²) >= 11 is 0. The number of pyridine rings is 1. The molecule has 1 amide bonds. The third-order valence-electron chi connectivity index (χ3n) is 2.93. The van der Waals surface area contributed by atoms with Gasteiger partial charge in [-0.25, -0.2) is 0 Å². The third-order valence-corrected chi connectivity index (χ3v) is 2.93. The molecule has 4 heteroatoms. The predicted octanol–water partition coefficient (Wildman–Crippen LogP) is 1.53. The van der Waals surface area contributed by atoms with Crippen LogP contribution in [0.3, 0.4) is 0 Å². The molecular formula is C16H19N3O. The van der Waals surface area contributed by atoms with Crippen molar-refractivity contribution in [2.24, 2.45) is 0 Å². The summed E-state index contributed by atoms with van der Waals surface area (Å²) in [5.41, 5.74) is 2.28. The lowest BCUT2D eigenvalue weighted by Gasteiger charge is -2.07. The number of amides is 1. The predicted molar refractivity (Wildman–Crippen MR) is 79.1 cm³/mol. The quantitative estimate of drug-likeness (QED) is 0.750. The van der Waals surface area contributed by atoms with Crippen LogP contribution in [0.2, 0.25) is 0 Å². The number of hydrogen-bond donors (Lipinski definition) is 2. The highest BCUT2D eigenvalue weighted by atomic mass is 16.1. The van der Waals surface area contributed by atoms with E-state index in [2.05, 4.69) is 15.6 Å². The summed E-state index contributed by atoms with van der Waals surface area (Å²) in [6, 6.07) is 13.8. The van der Waals surface area contributed by atoms with Crippen LogP contribution >= 0.6 is 0 Å². The fourth-order valence-electron chi connectivity index (χ4n) is 1.84. The normalized spacial score (nSPS) is 10.2. The summed E-state index contributed by atoms with van der Waals surface area (Å²) in [6.45, 7) is 1.68. The van der Waals surface area contributed by atoms with Gasteiger partial charge in [0.2, 0.25) is 5.91 Å². The molecule has 0 bridgehead atoms. The van der Waals surface area contributed by atoms with Gasteiger partial charge >= 0.3 is 0 Å². The first-order chi connectivity index (χ1) is 9.84. The largest absolute Gasteiger partial charge is 0.351 e. The molecular weight excluding hydrogens is 250 g/mol. The molecule has 1 heterocycles. The van der Waals surface area contributed by atoms with Crippen molar-refractivity contribution in [2.75, 3.05) is 13.1 Å². The van der Waals surface area contributed by atoms with Gasteiger partial charge in [0.1, 0.15) is 0 Å². The molecule has 2 aromatic rings. The van der Waals surface area contributed by atoms with Gasteiger partial charge in [0, 0.05) is 18.9 Å². The number of rotatable bonds is 7. The van der Waals surface area contributed by atoms with Gasteiger partial charge in [-0.3, -0.25) is 9.78 Å². The van der Waals surface area contributed by atoms with Crippen molar-refractivity contribution in [1.29, 1.82) is 0 Å². The fourth-order valence-corrected chi connectivity index (χ4v) is 1.84. The molecule has 0 aliphatic heterocycles. The van der Waals surface area contributed by atoms with Crippen LogP contribution in [0.4, 0.5) is 0 Å². The first kappa shape index (κ1) is 14.2. The lowest BCUT2D eigenvalue weighted by atomic mass is 10.2. The van der Waals surface area contributed by atoms with E-state index in [1.165, 1.54) is 5.56 Å². The van der Waals surface area contributed by atoms with E-state index in [4.69, 9.17) is 0 Å². The average Bonchev–Trinajstić information content (AvgIpc) is 2.52. The lowest BCUT2D eigenvalue weighted by Crippen LogP contribution is -2.34. The zero-order valence-electron chi connectivity index (χ0n) is 11.4. The van der Waals surface area contributed by atoms with Crippen molar-refractivity contribution < 1.29 is 4.79 Å². The summed E-state index contributed by atoms with van der Waals surface area (Å²) < 4.78 is 0. The average molecular weight is 269 g/mol. The molecule has 1 aromatic heterocycles. The maximum absolute atomic E-state index is 11.6. The molecule has 0 atom stereocenters. The number of aromatic nitrogens is 1. The van der Waals surface area contributed by atoms with Crippen LogP contribution in [0.1, 0.15) is 11.1 Å². The summed E-state index contributed by atoms with van der Waals surface area (Å²) in [6.07, 6.45) is 4.48. The standard InChI is InChI=1S/C16H19N3O/c20-16(19-12-14-5-2-1-3-6-14)13-18-10-8-15-7-4-9-17-11-15/h1-7,9,11,18H,8,10,12-13H2,(H,19,20). The Morgan fingerprint density at radius 1 is 1.05 bits per heavy atom. The fraction of sp³-hybridized carbons (Fsp3) is 0.250. The van der Waals surface area contributed by atoms with Gasteiger partial charge in [-0.2, -0.15) is 0 Å². The Kier molecular flexibility index (Phi) is 5.73. The number of carbonyl (C=O) groups is 1. The van der Waals surface area contributed by atoms with E-state index in [9.17, 15) is 4.79 Å². The minimum atomic E-state index is 0.0139. The number of hydrogen-bond acceptors (Lipinski definition) is 3. The molecule has 0 saturated heterocycles. The van der Waals surface area contributed by atoms with E-state index in [0.717, 1.165) is 18.5 Å². The molecule has 0 aliphatic carbocycles. The molecule has 0 aliphatic rings. The number of carbonyl (C=O) groups excluding carboxylic acids is 1. The molecule has 4 nitrogen and oxygen atoms in total. The first-order valence-electron chi connectivity index (χ1n) is 6.75. The molecule has 0 radical (unpaired) electrons. The second-order valence-electron chi connectivity index (χ2n) is 4.55. The Balaban J connectivity index is 1.59. The van der Waals surface area contributed by atoms with Gasteiger partial charge in [-0.05, 0) is 30.2 Å². The first-order valence-corrected chi connectivity index (χ1v) is 6.75. The summed E-state index contributed by atoms with van der Waals surface area (Å²) in [4.78, 5) is 15.7. The van der Waals surface area contributed by atoms with Gasteiger partial charge in [-0.1, -0.05) is 36.4 Å². The Labute approximate surface area is 119 Å². The number of nitrogens with zero attached hydrogens (tertiary/aromatic N) is 1. The number of nitrogens with one attached hydrogen (secondary N) is 2. The van der Waals surface area contributed by atoms with Crippen LogP contribution < -0.4 is 10.6 Å². The Hall–Kier alpha value is -2.20. The van der Waals surface area contributed by atoms with E-state index in [0.29, 0.717) is 13.1 Å². The van der Waals surface area contributed by atoms with Gasteiger partial charge in [0.05, 0.1) is 6.54 Å². The van der Waals surface area contributed by atoms with Gasteiger partial charge in [0.25, 0.3) is 0 Å². The molecule has 2 rings (SSSR count). The van der Waals surface area contributed by atoms with Crippen molar-refractivity contribution in [3.63, 3.8) is 0 Å². The molecule has 0 fully saturated rings. The zero-order valence-corrected chi connectivity index (χ0v) is 11.4. The lowest BCUT2D eigenvalue weighted by molar-refractivity contribution is -0.120. The smallest absolute Gasteiger partial charge is 0.234 e. The van der Waals surface area contributed by atoms with Crippen LogP contribution in [0.15, 0.2) is 54.9 Å². The number of benzene rings is 1. The van der Waals surface area contributed by atoms with Crippen molar-refractivity contribution >= 4 is 5.91 Å². The molecule has 0 saturated carbocycles. The third kappa shape index (κ3) is 5.20. The van der Waals surface area contributed by atoms with E-state index in [1.807, 2.05) is 48.7 Å². The Morgan fingerprint density at radius 3 is 2.60 bits per heavy atom. The maximum Gasteiger partial charge on any atom is 0.234 e. The minimum Gasteiger partial charge on any atom is -0.351 e. The molecule has 20 heavy (non-hydrogen) atoms. The van der Waals surface area contributed by atoms with E-state index in [1.54, 1.807) is 6.20 Å². The van der Waals surface area contributed by atoms with Crippen molar-refractivity contribution in [1.82, 2.24) is 15.6 Å². The molecule has 104 valence electrons. The minimum absolute atomic E-state index is 0.0139. The maximum atomic E-state index is 11.6. The monoisotopic (exact) mass is 269 g/mol. The topological polar surface area (TPSA) is 54.0 Å². The Bertz CT molecular complexity index is 514. The highest BCUT2D eigenvalue weighted by Crippen LogP contribution is 1.97. The van der Waals surface area contributed by atoms with Gasteiger partial charge in [0.15, 0.2) is 0 Å². The van der Waals surface area contributed by atoms with Crippen molar-refractivity contribution in [3.05, 3.63) is 66.0 Å². The van der Waals surface area contributed by atoms with E-state index >= 15 is 0 Å². The van der Waals surface area contributed by atoms with Crippen LogP contribution in [-0.4, -0.2) is 24.0 Å². The molecule has 2 N–H and O–H groups in total. The van der Waals surface area contributed by atoms with Crippen LogP contribution in [0.25, 0.3) is 0 Å². The second kappa shape index (κ2) is 8.07. The second-order valence-corrected chi connectivity index (χ2v) is 4.55. The van der Waals surface area contributed by atoms with Crippen molar-refractivity contribution in [3.8, 4) is 0 Å². The van der Waals surface area contributed by atoms with Crippen LogP contribution in [-0.2, 0) is 17.8 Å². The van der Waals surface area contributed by atoms with E-state index < -0.39 is 0 Å². The van der Waals surface area contributed by atoms with Gasteiger partial charge < -0.3 is 10.6 Å². The van der Waals surface area contributed by atoms with E-state index in [-0.39, 0.29) is 5.91 Å². The molecule has 0 spiro atoms. The zero-order chi connectivity index (χ0) is 14.0. The molecule has 0 unspecified atom stereocenters. The van der Waals surface area contributed by atoms with Crippen LogP contribution in [0, 0.1) is 0 Å². The van der Waals surface area contributed by atoms with Crippen molar-refractivity contribution in [2.45, 2.75) is 13.0 Å². The highest BCUT2D eigenvalue weighted by molar-refractivity contribution is 5.77. The SMILES string of the molecule is O=C(CNCCc1cccnc1)NCc1ccccc1. The molecule has 1 aromatic carbocycles. The summed E-state index contributed by atoms with van der Waals surface area (Å²) in [5, 5.41) is 6.01. The highest BCUT2D eigenvalue weighted by Gasteiger charge is 2.00. The van der Waals surface area contributed by atoms with Gasteiger partial charge in [-0.15, -0.1) is 0 Å². The summed E-state index contributed by atoms with van der Waals surface area (Å²) in [5.74, 6) is 0.0139. The van der Waals surface area contributed by atoms with Crippen LogP contribution in [0.5, 0.6) is 0 Å². The summed E-state index contributed by atoms with van der Waals surface area (Å²) in [7, 11) is 0. The Morgan fingerprint density at radius 2 is 1.85 bits per heavy atom.